The van der Waals surface area contributed by atoms with Gasteiger partial charge in [0.05, 0.1) is 25.3 Å². The first kappa shape index (κ1) is 19.9. The molecule has 0 radical (unpaired) electrons. The number of aromatic nitrogens is 1. The first-order chi connectivity index (χ1) is 13.0. The predicted molar refractivity (Wildman–Crippen MR) is 106 cm³/mol. The fraction of sp³-hybridized carbons (Fsp3) is 0.368. The number of rotatable bonds is 6. The maximum absolute atomic E-state index is 12.4. The highest BCUT2D eigenvalue weighted by atomic mass is 35.5. The summed E-state index contributed by atoms with van der Waals surface area (Å²) < 4.78 is 6.74. The van der Waals surface area contributed by atoms with E-state index in [1.807, 2.05) is 0 Å². The predicted octanol–water partition coefficient (Wildman–Crippen LogP) is 2.27. The van der Waals surface area contributed by atoms with E-state index in [1.54, 1.807) is 18.2 Å². The van der Waals surface area contributed by atoms with E-state index in [9.17, 15) is 9.59 Å². The molecule has 8 heteroatoms. The molecule has 1 saturated heterocycles. The van der Waals surface area contributed by atoms with E-state index in [2.05, 4.69) is 10.2 Å². The highest BCUT2D eigenvalue weighted by molar-refractivity contribution is 6.35. The van der Waals surface area contributed by atoms with Crippen LogP contribution in [-0.2, 0) is 11.3 Å². The van der Waals surface area contributed by atoms with Gasteiger partial charge in [0.25, 0.3) is 11.5 Å². The van der Waals surface area contributed by atoms with Crippen molar-refractivity contribution in [2.75, 3.05) is 39.4 Å². The van der Waals surface area contributed by atoms with Crippen LogP contribution >= 0.6 is 23.2 Å². The Hall–Kier alpha value is -1.86. The Balaban J connectivity index is 1.65. The number of nitrogens with one attached hydrogen (secondary N) is 1. The summed E-state index contributed by atoms with van der Waals surface area (Å²) in [5.41, 5.74) is 0.836. The van der Waals surface area contributed by atoms with Gasteiger partial charge in [-0.1, -0.05) is 29.3 Å². The van der Waals surface area contributed by atoms with Gasteiger partial charge in [-0.3, -0.25) is 14.5 Å². The molecule has 2 heterocycles. The summed E-state index contributed by atoms with van der Waals surface area (Å²) in [6.07, 6.45) is 1.53. The summed E-state index contributed by atoms with van der Waals surface area (Å²) in [4.78, 5) is 26.8. The Morgan fingerprint density at radius 3 is 2.52 bits per heavy atom. The van der Waals surface area contributed by atoms with E-state index >= 15 is 0 Å². The molecule has 27 heavy (non-hydrogen) atoms. The van der Waals surface area contributed by atoms with Crippen molar-refractivity contribution < 1.29 is 9.53 Å². The fourth-order valence-electron chi connectivity index (χ4n) is 2.90. The Labute approximate surface area is 167 Å². The second kappa shape index (κ2) is 9.37. The SMILES string of the molecule is O=C(NCCN1CCOCC1)c1ccc(=O)n(Cc2c(Cl)cccc2Cl)c1. The normalized spacial score (nSPS) is 14.9. The second-order valence-electron chi connectivity index (χ2n) is 6.29. The topological polar surface area (TPSA) is 63.6 Å². The minimum atomic E-state index is -0.226. The standard InChI is InChI=1S/C19H21Cl2N3O3/c20-16-2-1-3-17(21)15(16)13-24-12-14(4-5-18(24)25)19(26)22-6-7-23-8-10-27-11-9-23/h1-5,12H,6-11,13H2,(H,22,26). The van der Waals surface area contributed by atoms with Crippen molar-refractivity contribution in [3.05, 3.63) is 68.1 Å². The molecule has 1 aromatic carbocycles. The molecule has 0 atom stereocenters. The van der Waals surface area contributed by atoms with Gasteiger partial charge in [0.1, 0.15) is 0 Å². The number of carbonyl (C=O) groups excluding carboxylic acids is 1. The Morgan fingerprint density at radius 1 is 1.11 bits per heavy atom. The largest absolute Gasteiger partial charge is 0.379 e. The van der Waals surface area contributed by atoms with Crippen molar-refractivity contribution in [2.24, 2.45) is 0 Å². The van der Waals surface area contributed by atoms with Crippen molar-refractivity contribution in [3.8, 4) is 0 Å². The van der Waals surface area contributed by atoms with Crippen LogP contribution in [0.5, 0.6) is 0 Å². The van der Waals surface area contributed by atoms with Gasteiger partial charge >= 0.3 is 0 Å². The van der Waals surface area contributed by atoms with Crippen molar-refractivity contribution >= 4 is 29.1 Å². The smallest absolute Gasteiger partial charge is 0.252 e. The maximum atomic E-state index is 12.4. The number of benzene rings is 1. The van der Waals surface area contributed by atoms with E-state index in [1.165, 1.54) is 22.9 Å². The molecule has 144 valence electrons. The molecule has 0 spiro atoms. The molecule has 1 aliphatic rings. The Morgan fingerprint density at radius 2 is 1.81 bits per heavy atom. The molecular formula is C19H21Cl2N3O3. The molecule has 2 aromatic rings. The monoisotopic (exact) mass is 409 g/mol. The first-order valence-electron chi connectivity index (χ1n) is 8.76. The summed E-state index contributed by atoms with van der Waals surface area (Å²) in [5.74, 6) is -0.220. The molecule has 0 bridgehead atoms. The number of pyridine rings is 1. The van der Waals surface area contributed by atoms with Gasteiger partial charge in [-0.05, 0) is 18.2 Å². The third-order valence-corrected chi connectivity index (χ3v) is 5.16. The van der Waals surface area contributed by atoms with Crippen molar-refractivity contribution in [2.45, 2.75) is 6.54 Å². The summed E-state index contributed by atoms with van der Waals surface area (Å²) >= 11 is 12.4. The van der Waals surface area contributed by atoms with E-state index in [-0.39, 0.29) is 18.0 Å². The lowest BCUT2D eigenvalue weighted by molar-refractivity contribution is 0.0383. The minimum Gasteiger partial charge on any atom is -0.379 e. The number of ether oxygens (including phenoxy) is 1. The van der Waals surface area contributed by atoms with Crippen LogP contribution < -0.4 is 10.9 Å². The van der Waals surface area contributed by atoms with Crippen LogP contribution in [-0.4, -0.2) is 54.8 Å². The van der Waals surface area contributed by atoms with E-state index < -0.39 is 0 Å². The van der Waals surface area contributed by atoms with Crippen LogP contribution in [0.2, 0.25) is 10.0 Å². The molecule has 0 unspecified atom stereocenters. The van der Waals surface area contributed by atoms with Crippen LogP contribution in [0.4, 0.5) is 0 Å². The highest BCUT2D eigenvalue weighted by Crippen LogP contribution is 2.24. The Kier molecular flexibility index (Phi) is 6.90. The maximum Gasteiger partial charge on any atom is 0.252 e. The van der Waals surface area contributed by atoms with Crippen LogP contribution in [0.3, 0.4) is 0 Å². The number of hydrogen-bond acceptors (Lipinski definition) is 4. The van der Waals surface area contributed by atoms with Crippen molar-refractivity contribution in [1.29, 1.82) is 0 Å². The van der Waals surface area contributed by atoms with Gasteiger partial charge in [0.2, 0.25) is 0 Å². The van der Waals surface area contributed by atoms with Crippen LogP contribution in [0, 0.1) is 0 Å². The highest BCUT2D eigenvalue weighted by Gasteiger charge is 2.13. The van der Waals surface area contributed by atoms with Crippen LogP contribution in [0.1, 0.15) is 15.9 Å². The summed E-state index contributed by atoms with van der Waals surface area (Å²) in [7, 11) is 0. The van der Waals surface area contributed by atoms with Gasteiger partial charge in [-0.15, -0.1) is 0 Å². The number of hydrogen-bond donors (Lipinski definition) is 1. The van der Waals surface area contributed by atoms with E-state index in [0.717, 1.165) is 32.8 Å². The lowest BCUT2D eigenvalue weighted by Crippen LogP contribution is -2.41. The molecule has 1 aliphatic heterocycles. The minimum absolute atomic E-state index is 0.201. The van der Waals surface area contributed by atoms with Gasteiger partial charge in [0.15, 0.2) is 0 Å². The lowest BCUT2D eigenvalue weighted by atomic mass is 10.2. The zero-order chi connectivity index (χ0) is 19.2. The van der Waals surface area contributed by atoms with Gasteiger partial charge in [-0.2, -0.15) is 0 Å². The van der Waals surface area contributed by atoms with E-state index in [4.69, 9.17) is 27.9 Å². The fourth-order valence-corrected chi connectivity index (χ4v) is 3.41. The van der Waals surface area contributed by atoms with Crippen LogP contribution in [0.25, 0.3) is 0 Å². The van der Waals surface area contributed by atoms with Gasteiger partial charge in [-0.25, -0.2) is 0 Å². The third kappa shape index (κ3) is 5.32. The zero-order valence-electron chi connectivity index (χ0n) is 14.8. The first-order valence-corrected chi connectivity index (χ1v) is 9.52. The molecule has 1 fully saturated rings. The summed E-state index contributed by atoms with van der Waals surface area (Å²) in [6, 6.07) is 8.08. The quantitative estimate of drug-likeness (QED) is 0.794. The van der Waals surface area contributed by atoms with Crippen molar-refractivity contribution in [3.63, 3.8) is 0 Å². The third-order valence-electron chi connectivity index (χ3n) is 4.45. The van der Waals surface area contributed by atoms with Gasteiger partial charge < -0.3 is 14.6 Å². The lowest BCUT2D eigenvalue weighted by Gasteiger charge is -2.26. The van der Waals surface area contributed by atoms with Crippen molar-refractivity contribution in [1.82, 2.24) is 14.8 Å². The van der Waals surface area contributed by atoms with Gasteiger partial charge in [0, 0.05) is 54.1 Å². The summed E-state index contributed by atoms with van der Waals surface area (Å²) in [5, 5.41) is 3.85. The second-order valence-corrected chi connectivity index (χ2v) is 7.11. The number of nitrogens with zero attached hydrogens (tertiary/aromatic N) is 2. The number of morpholine rings is 1. The van der Waals surface area contributed by atoms with E-state index in [0.29, 0.717) is 27.7 Å². The molecule has 0 saturated carbocycles. The molecule has 1 amide bonds. The summed E-state index contributed by atoms with van der Waals surface area (Å²) in [6.45, 7) is 4.70. The van der Waals surface area contributed by atoms with Crippen LogP contribution in [0.15, 0.2) is 41.3 Å². The molecule has 1 N–H and O–H groups in total. The Bertz CT molecular complexity index is 843. The average molecular weight is 410 g/mol. The molecule has 1 aromatic heterocycles. The molecule has 6 nitrogen and oxygen atoms in total. The zero-order valence-corrected chi connectivity index (χ0v) is 16.3. The average Bonchev–Trinajstić information content (AvgIpc) is 2.67. The number of amides is 1. The molecule has 3 rings (SSSR count). The number of carbonyl (C=O) groups is 1. The number of halogens is 2. The molecular weight excluding hydrogens is 389 g/mol. The molecule has 0 aliphatic carbocycles.